The van der Waals surface area contributed by atoms with Crippen molar-refractivity contribution >= 4 is 39.9 Å². The van der Waals surface area contributed by atoms with Crippen molar-refractivity contribution in [2.45, 2.75) is 26.3 Å². The lowest BCUT2D eigenvalue weighted by atomic mass is 10.1. The summed E-state index contributed by atoms with van der Waals surface area (Å²) in [5.41, 5.74) is 3.78. The molecule has 0 radical (unpaired) electrons. The second kappa shape index (κ2) is 8.08. The largest absolute Gasteiger partial charge is 0.276 e. The van der Waals surface area contributed by atoms with E-state index in [0.717, 1.165) is 0 Å². The summed E-state index contributed by atoms with van der Waals surface area (Å²) in [4.78, 5) is 14.3. The average molecular weight is 286 g/mol. The van der Waals surface area contributed by atoms with Gasteiger partial charge in [-0.1, -0.05) is 0 Å². The van der Waals surface area contributed by atoms with Crippen molar-refractivity contribution in [2.75, 3.05) is 0 Å². The molecule has 0 spiro atoms. The van der Waals surface area contributed by atoms with E-state index in [-0.39, 0.29) is 5.54 Å². The van der Waals surface area contributed by atoms with Crippen LogP contribution >= 0.6 is 23.8 Å². The number of hydrazine groups is 1. The lowest BCUT2D eigenvalue weighted by Crippen LogP contribution is -2.41. The van der Waals surface area contributed by atoms with Gasteiger partial charge in [0.2, 0.25) is 0 Å². The minimum Gasteiger partial charge on any atom is -0.276 e. The van der Waals surface area contributed by atoms with E-state index in [2.05, 4.69) is 27.8 Å². The SMILES string of the molecule is CC(C)(C)NN.O=C(Cl)c1ccc(N=C=S)cc1. The molecule has 1 aromatic carbocycles. The number of thiocarbonyl (C=S) groups is 1. The number of carbonyl (C=O) groups excluding carboxylic acids is 1. The fourth-order valence-electron chi connectivity index (χ4n) is 0.720. The molecule has 0 aromatic heterocycles. The third kappa shape index (κ3) is 8.06. The standard InChI is InChI=1S/C8H4ClNOS.C4H12N2/c9-8(11)6-1-3-7(4-2-6)10-5-12;1-4(2,3)6-5/h1-4H;6H,5H2,1-3H3. The number of carbonyl (C=O) groups is 1. The van der Waals surface area contributed by atoms with Crippen LogP contribution in [0.25, 0.3) is 0 Å². The van der Waals surface area contributed by atoms with E-state index in [4.69, 9.17) is 17.4 Å². The molecule has 98 valence electrons. The number of halogens is 1. The summed E-state index contributed by atoms with van der Waals surface area (Å²) in [6.07, 6.45) is 0. The Morgan fingerprint density at radius 1 is 1.39 bits per heavy atom. The van der Waals surface area contributed by atoms with E-state index < -0.39 is 5.24 Å². The molecule has 0 heterocycles. The highest BCUT2D eigenvalue weighted by Gasteiger charge is 2.02. The maximum absolute atomic E-state index is 10.6. The summed E-state index contributed by atoms with van der Waals surface area (Å²) < 4.78 is 0. The maximum Gasteiger partial charge on any atom is 0.252 e. The summed E-state index contributed by atoms with van der Waals surface area (Å²) in [7, 11) is 0. The number of nitrogens with zero attached hydrogens (tertiary/aromatic N) is 1. The van der Waals surface area contributed by atoms with Crippen LogP contribution in [-0.4, -0.2) is 15.9 Å². The predicted molar refractivity (Wildman–Crippen MR) is 78.4 cm³/mol. The fraction of sp³-hybridized carbons (Fsp3) is 0.333. The Morgan fingerprint density at radius 2 is 1.83 bits per heavy atom. The summed E-state index contributed by atoms with van der Waals surface area (Å²) in [5.74, 6) is 5.06. The highest BCUT2D eigenvalue weighted by Crippen LogP contribution is 2.13. The minimum atomic E-state index is -0.479. The van der Waals surface area contributed by atoms with Gasteiger partial charge in [0, 0.05) is 11.1 Å². The molecule has 0 aliphatic rings. The van der Waals surface area contributed by atoms with Gasteiger partial charge in [0.05, 0.1) is 10.8 Å². The highest BCUT2D eigenvalue weighted by molar-refractivity contribution is 7.78. The molecule has 18 heavy (non-hydrogen) atoms. The number of hydrogen-bond acceptors (Lipinski definition) is 5. The molecule has 0 aliphatic carbocycles. The number of hydrogen-bond donors (Lipinski definition) is 2. The topological polar surface area (TPSA) is 67.5 Å². The Bertz CT molecular complexity index is 413. The first-order valence-corrected chi connectivity index (χ1v) is 5.94. The molecule has 0 bridgehead atoms. The second-order valence-electron chi connectivity index (χ2n) is 4.42. The summed E-state index contributed by atoms with van der Waals surface area (Å²) in [5, 5.41) is 1.74. The van der Waals surface area contributed by atoms with Crippen LogP contribution in [0.2, 0.25) is 0 Å². The zero-order chi connectivity index (χ0) is 14.2. The number of nitrogens with two attached hydrogens (primary N) is 1. The molecule has 0 unspecified atom stereocenters. The van der Waals surface area contributed by atoms with Crippen LogP contribution in [-0.2, 0) is 0 Å². The average Bonchev–Trinajstić information content (AvgIpc) is 2.30. The number of rotatable bonds is 2. The van der Waals surface area contributed by atoms with Crippen LogP contribution in [0.1, 0.15) is 31.1 Å². The van der Waals surface area contributed by atoms with Crippen LogP contribution in [0.3, 0.4) is 0 Å². The van der Waals surface area contributed by atoms with Crippen LogP contribution in [0.5, 0.6) is 0 Å². The van der Waals surface area contributed by atoms with E-state index in [1.165, 1.54) is 0 Å². The normalized spacial score (nSPS) is 9.83. The molecule has 0 saturated heterocycles. The van der Waals surface area contributed by atoms with E-state index in [0.29, 0.717) is 11.3 Å². The van der Waals surface area contributed by atoms with Crippen LogP contribution in [0, 0.1) is 0 Å². The van der Waals surface area contributed by atoms with Gasteiger partial charge in [-0.15, -0.1) is 0 Å². The lowest BCUT2D eigenvalue weighted by molar-refractivity contribution is 0.108. The minimum absolute atomic E-state index is 0.0694. The predicted octanol–water partition coefficient (Wildman–Crippen LogP) is 3.05. The molecule has 0 atom stereocenters. The Labute approximate surface area is 117 Å². The molecule has 1 rings (SSSR count). The molecule has 4 nitrogen and oxygen atoms in total. The first-order chi connectivity index (χ1) is 8.30. The van der Waals surface area contributed by atoms with Gasteiger partial charge in [0.1, 0.15) is 0 Å². The molecular weight excluding hydrogens is 270 g/mol. The Hall–Kier alpha value is -1.10. The molecule has 3 N–H and O–H groups in total. The molecule has 1 aromatic rings. The summed E-state index contributed by atoms with van der Waals surface area (Å²) >= 11 is 9.64. The number of benzene rings is 1. The quantitative estimate of drug-likeness (QED) is 0.288. The zero-order valence-corrected chi connectivity index (χ0v) is 12.1. The van der Waals surface area contributed by atoms with Crippen molar-refractivity contribution in [3.05, 3.63) is 29.8 Å². The van der Waals surface area contributed by atoms with Gasteiger partial charge < -0.3 is 0 Å². The van der Waals surface area contributed by atoms with Gasteiger partial charge >= 0.3 is 0 Å². The van der Waals surface area contributed by atoms with Crippen molar-refractivity contribution in [2.24, 2.45) is 10.8 Å². The lowest BCUT2D eigenvalue weighted by Gasteiger charge is -2.14. The molecule has 6 heteroatoms. The Kier molecular flexibility index (Phi) is 7.59. The van der Waals surface area contributed by atoms with Crippen molar-refractivity contribution in [3.63, 3.8) is 0 Å². The van der Waals surface area contributed by atoms with Crippen molar-refractivity contribution < 1.29 is 4.79 Å². The van der Waals surface area contributed by atoms with Crippen molar-refractivity contribution in [3.8, 4) is 0 Å². The highest BCUT2D eigenvalue weighted by atomic mass is 35.5. The second-order valence-corrected chi connectivity index (χ2v) is 4.94. The zero-order valence-electron chi connectivity index (χ0n) is 10.5. The van der Waals surface area contributed by atoms with Crippen LogP contribution in [0.4, 0.5) is 5.69 Å². The van der Waals surface area contributed by atoms with Gasteiger partial charge in [0.25, 0.3) is 5.24 Å². The number of aliphatic imine (C=N–C) groups is 1. The van der Waals surface area contributed by atoms with Gasteiger partial charge in [-0.3, -0.25) is 16.1 Å². The van der Waals surface area contributed by atoms with E-state index >= 15 is 0 Å². The Balaban J connectivity index is 0.000000411. The first-order valence-electron chi connectivity index (χ1n) is 5.15. The van der Waals surface area contributed by atoms with Gasteiger partial charge in [0.15, 0.2) is 0 Å². The molecule has 0 amide bonds. The molecule has 0 saturated carbocycles. The van der Waals surface area contributed by atoms with Crippen molar-refractivity contribution in [1.29, 1.82) is 0 Å². The van der Waals surface area contributed by atoms with Crippen LogP contribution < -0.4 is 11.3 Å². The van der Waals surface area contributed by atoms with E-state index in [1.54, 1.807) is 24.3 Å². The maximum atomic E-state index is 10.6. The third-order valence-electron chi connectivity index (χ3n) is 1.70. The van der Waals surface area contributed by atoms with Crippen molar-refractivity contribution in [1.82, 2.24) is 5.43 Å². The smallest absolute Gasteiger partial charge is 0.252 e. The fourth-order valence-corrected chi connectivity index (χ4v) is 0.951. The van der Waals surface area contributed by atoms with Gasteiger partial charge in [-0.05, 0) is 68.9 Å². The van der Waals surface area contributed by atoms with E-state index in [1.807, 2.05) is 20.8 Å². The monoisotopic (exact) mass is 285 g/mol. The van der Waals surface area contributed by atoms with Gasteiger partial charge in [-0.2, -0.15) is 4.99 Å². The third-order valence-corrected chi connectivity index (χ3v) is 2.01. The van der Waals surface area contributed by atoms with E-state index in [9.17, 15) is 4.79 Å². The van der Waals surface area contributed by atoms with Gasteiger partial charge in [-0.25, -0.2) is 0 Å². The summed E-state index contributed by atoms with van der Waals surface area (Å²) in [6.45, 7) is 6.02. The molecule has 0 fully saturated rings. The number of nitrogens with one attached hydrogen (secondary N) is 1. The van der Waals surface area contributed by atoms with Crippen LogP contribution in [0.15, 0.2) is 29.3 Å². The number of isothiocyanates is 1. The molecule has 0 aliphatic heterocycles. The summed E-state index contributed by atoms with van der Waals surface area (Å²) in [6, 6.07) is 6.46. The molecular formula is C12H16ClN3OS. The first kappa shape index (κ1) is 16.9. The Morgan fingerprint density at radius 3 is 2.11 bits per heavy atom.